The minimum atomic E-state index is -0.502. The van der Waals surface area contributed by atoms with Gasteiger partial charge in [0.15, 0.2) is 6.61 Å². The Bertz CT molecular complexity index is 948. The number of carbonyl (C=O) groups is 3. The molecule has 9 nitrogen and oxygen atoms in total. The second-order valence-corrected chi connectivity index (χ2v) is 7.02. The van der Waals surface area contributed by atoms with Crippen molar-refractivity contribution in [1.82, 2.24) is 15.8 Å². The van der Waals surface area contributed by atoms with Crippen LogP contribution in [0.3, 0.4) is 0 Å². The van der Waals surface area contributed by atoms with Gasteiger partial charge in [0.1, 0.15) is 5.75 Å². The molecule has 0 radical (unpaired) electrons. The Labute approximate surface area is 180 Å². The van der Waals surface area contributed by atoms with E-state index in [-0.39, 0.29) is 24.5 Å². The standard InChI is InChI=1S/C22H23N5O4/c23-14-16-6-8-19(9-7-16)31-15-20(28)25-26-21(29)17-10-12-27(13-11-17)22(30)24-18-4-2-1-3-5-18/h1-9,17H,10-13,15H2,(H,24,30)(H,25,28)(H,26,29). The Hall–Kier alpha value is -4.06. The van der Waals surface area contributed by atoms with E-state index in [1.807, 2.05) is 36.4 Å². The third-order valence-corrected chi connectivity index (χ3v) is 4.86. The molecule has 1 saturated heterocycles. The number of likely N-dealkylation sites (tertiary alicyclic amines) is 1. The monoisotopic (exact) mass is 421 g/mol. The molecule has 0 bridgehead atoms. The Morgan fingerprint density at radius 3 is 2.32 bits per heavy atom. The van der Waals surface area contributed by atoms with Crippen LogP contribution in [0.4, 0.5) is 10.5 Å². The number of anilines is 1. The van der Waals surface area contributed by atoms with Crippen LogP contribution in [0.1, 0.15) is 18.4 Å². The minimum Gasteiger partial charge on any atom is -0.484 e. The molecule has 1 fully saturated rings. The zero-order chi connectivity index (χ0) is 22.1. The fourth-order valence-corrected chi connectivity index (χ4v) is 3.11. The van der Waals surface area contributed by atoms with Crippen molar-refractivity contribution in [2.24, 2.45) is 5.92 Å². The highest BCUT2D eigenvalue weighted by Gasteiger charge is 2.27. The third kappa shape index (κ3) is 6.47. The first-order valence-corrected chi connectivity index (χ1v) is 9.88. The second kappa shape index (κ2) is 10.6. The highest BCUT2D eigenvalue weighted by Crippen LogP contribution is 2.18. The quantitative estimate of drug-likeness (QED) is 0.638. The molecular formula is C22H23N5O4. The van der Waals surface area contributed by atoms with E-state index >= 15 is 0 Å². The molecule has 1 aliphatic rings. The van der Waals surface area contributed by atoms with Gasteiger partial charge >= 0.3 is 6.03 Å². The zero-order valence-electron chi connectivity index (χ0n) is 16.8. The lowest BCUT2D eigenvalue weighted by Crippen LogP contribution is -2.49. The summed E-state index contributed by atoms with van der Waals surface area (Å²) in [5.41, 5.74) is 5.95. The molecule has 31 heavy (non-hydrogen) atoms. The SMILES string of the molecule is N#Cc1ccc(OCC(=O)NNC(=O)C2CCN(C(=O)Nc3ccccc3)CC2)cc1. The number of nitriles is 1. The number of benzene rings is 2. The van der Waals surface area contributed by atoms with Crippen LogP contribution < -0.4 is 20.9 Å². The van der Waals surface area contributed by atoms with E-state index in [2.05, 4.69) is 16.2 Å². The number of hydrogen-bond donors (Lipinski definition) is 3. The maximum atomic E-state index is 12.3. The van der Waals surface area contributed by atoms with Crippen LogP contribution in [0.5, 0.6) is 5.75 Å². The van der Waals surface area contributed by atoms with Crippen molar-refractivity contribution in [2.75, 3.05) is 25.0 Å². The number of hydrogen-bond acceptors (Lipinski definition) is 5. The fourth-order valence-electron chi connectivity index (χ4n) is 3.11. The van der Waals surface area contributed by atoms with Crippen LogP contribution >= 0.6 is 0 Å². The van der Waals surface area contributed by atoms with Gasteiger partial charge in [-0.05, 0) is 49.2 Å². The molecule has 160 valence electrons. The summed E-state index contributed by atoms with van der Waals surface area (Å²) < 4.78 is 5.31. The second-order valence-electron chi connectivity index (χ2n) is 7.02. The summed E-state index contributed by atoms with van der Waals surface area (Å²) in [5.74, 6) is -0.644. The number of carbonyl (C=O) groups excluding carboxylic acids is 3. The Kier molecular flexibility index (Phi) is 7.43. The Balaban J connectivity index is 1.35. The number of urea groups is 1. The minimum absolute atomic E-state index is 0.196. The molecule has 3 rings (SSSR count). The predicted molar refractivity (Wildman–Crippen MR) is 113 cm³/mol. The molecule has 1 aliphatic heterocycles. The Morgan fingerprint density at radius 2 is 1.68 bits per heavy atom. The maximum Gasteiger partial charge on any atom is 0.321 e. The molecule has 9 heteroatoms. The summed E-state index contributed by atoms with van der Waals surface area (Å²) in [6, 6.07) is 17.3. The predicted octanol–water partition coefficient (Wildman–Crippen LogP) is 2.03. The molecule has 0 aliphatic carbocycles. The van der Waals surface area contributed by atoms with Crippen LogP contribution in [-0.2, 0) is 9.59 Å². The number of hydrazine groups is 1. The number of amides is 4. The molecule has 0 atom stereocenters. The van der Waals surface area contributed by atoms with Gasteiger partial charge in [-0.15, -0.1) is 0 Å². The van der Waals surface area contributed by atoms with E-state index in [1.165, 1.54) is 0 Å². The highest BCUT2D eigenvalue weighted by molar-refractivity contribution is 5.89. The molecule has 3 N–H and O–H groups in total. The average Bonchev–Trinajstić information content (AvgIpc) is 2.82. The van der Waals surface area contributed by atoms with Crippen molar-refractivity contribution < 1.29 is 19.1 Å². The zero-order valence-corrected chi connectivity index (χ0v) is 16.8. The third-order valence-electron chi connectivity index (χ3n) is 4.86. The molecule has 0 saturated carbocycles. The molecule has 2 aromatic carbocycles. The van der Waals surface area contributed by atoms with E-state index in [9.17, 15) is 14.4 Å². The summed E-state index contributed by atoms with van der Waals surface area (Å²) in [6.45, 7) is 0.628. The van der Waals surface area contributed by atoms with Crippen LogP contribution in [-0.4, -0.2) is 42.4 Å². The fraction of sp³-hybridized carbons (Fsp3) is 0.273. The van der Waals surface area contributed by atoms with E-state index in [0.29, 0.717) is 37.2 Å². The largest absolute Gasteiger partial charge is 0.484 e. The van der Waals surface area contributed by atoms with Crippen molar-refractivity contribution >= 4 is 23.5 Å². The molecule has 0 aromatic heterocycles. The van der Waals surface area contributed by atoms with Gasteiger partial charge in [0.05, 0.1) is 11.6 Å². The molecular weight excluding hydrogens is 398 g/mol. The Morgan fingerprint density at radius 1 is 1.00 bits per heavy atom. The molecule has 0 spiro atoms. The summed E-state index contributed by atoms with van der Waals surface area (Å²) in [5, 5.41) is 11.6. The van der Waals surface area contributed by atoms with Gasteiger partial charge in [0.25, 0.3) is 5.91 Å². The lowest BCUT2D eigenvalue weighted by molar-refractivity contribution is -0.132. The summed E-state index contributed by atoms with van der Waals surface area (Å²) in [4.78, 5) is 38.2. The lowest BCUT2D eigenvalue weighted by Gasteiger charge is -2.31. The number of rotatable bonds is 5. The first-order valence-electron chi connectivity index (χ1n) is 9.88. The van der Waals surface area contributed by atoms with Gasteiger partial charge in [0.2, 0.25) is 5.91 Å². The van der Waals surface area contributed by atoms with Crippen LogP contribution in [0, 0.1) is 17.2 Å². The van der Waals surface area contributed by atoms with Crippen molar-refractivity contribution in [2.45, 2.75) is 12.8 Å². The van der Waals surface area contributed by atoms with Crippen molar-refractivity contribution in [3.63, 3.8) is 0 Å². The van der Waals surface area contributed by atoms with Crippen LogP contribution in [0.25, 0.3) is 0 Å². The van der Waals surface area contributed by atoms with E-state index in [4.69, 9.17) is 10.00 Å². The first-order chi connectivity index (χ1) is 15.0. The van der Waals surface area contributed by atoms with Gasteiger partial charge < -0.3 is 15.0 Å². The first kappa shape index (κ1) is 21.6. The lowest BCUT2D eigenvalue weighted by atomic mass is 9.96. The van der Waals surface area contributed by atoms with Crippen LogP contribution in [0.2, 0.25) is 0 Å². The topological polar surface area (TPSA) is 124 Å². The van der Waals surface area contributed by atoms with Gasteiger partial charge in [-0.2, -0.15) is 5.26 Å². The summed E-state index contributed by atoms with van der Waals surface area (Å²) in [7, 11) is 0. The number of piperidine rings is 1. The van der Waals surface area contributed by atoms with E-state index < -0.39 is 5.91 Å². The smallest absolute Gasteiger partial charge is 0.321 e. The summed E-state index contributed by atoms with van der Waals surface area (Å²) in [6.07, 6.45) is 1.01. The normalized spacial score (nSPS) is 13.6. The van der Waals surface area contributed by atoms with Gasteiger partial charge in [-0.25, -0.2) is 4.79 Å². The van der Waals surface area contributed by atoms with Gasteiger partial charge in [-0.1, -0.05) is 18.2 Å². The molecule has 4 amide bonds. The average molecular weight is 421 g/mol. The van der Waals surface area contributed by atoms with E-state index in [1.54, 1.807) is 29.2 Å². The number of nitrogens with zero attached hydrogens (tertiary/aromatic N) is 2. The highest BCUT2D eigenvalue weighted by atomic mass is 16.5. The number of ether oxygens (including phenoxy) is 1. The van der Waals surface area contributed by atoms with Gasteiger partial charge in [0, 0.05) is 24.7 Å². The van der Waals surface area contributed by atoms with Crippen molar-refractivity contribution in [3.05, 3.63) is 60.2 Å². The van der Waals surface area contributed by atoms with Crippen LogP contribution in [0.15, 0.2) is 54.6 Å². The van der Waals surface area contributed by atoms with Crippen molar-refractivity contribution in [1.29, 1.82) is 5.26 Å². The maximum absolute atomic E-state index is 12.3. The van der Waals surface area contributed by atoms with Gasteiger partial charge in [-0.3, -0.25) is 20.4 Å². The summed E-state index contributed by atoms with van der Waals surface area (Å²) >= 11 is 0. The molecule has 1 heterocycles. The molecule has 2 aromatic rings. The number of para-hydroxylation sites is 1. The number of nitrogens with one attached hydrogen (secondary N) is 3. The molecule has 0 unspecified atom stereocenters. The van der Waals surface area contributed by atoms with Crippen molar-refractivity contribution in [3.8, 4) is 11.8 Å². The van der Waals surface area contributed by atoms with E-state index in [0.717, 1.165) is 5.69 Å².